The van der Waals surface area contributed by atoms with E-state index >= 15 is 0 Å². The zero-order chi connectivity index (χ0) is 16.4. The van der Waals surface area contributed by atoms with E-state index in [0.29, 0.717) is 17.8 Å². The largest absolute Gasteiger partial charge is 0.395 e. The summed E-state index contributed by atoms with van der Waals surface area (Å²) in [6.45, 7) is 0.472. The maximum atomic E-state index is 12.1. The summed E-state index contributed by atoms with van der Waals surface area (Å²) in [5.41, 5.74) is 5.70. The van der Waals surface area contributed by atoms with Gasteiger partial charge < -0.3 is 16.2 Å². The van der Waals surface area contributed by atoms with Crippen molar-refractivity contribution in [2.45, 2.75) is 4.90 Å². The number of benzene rings is 2. The van der Waals surface area contributed by atoms with E-state index in [-0.39, 0.29) is 11.5 Å². The van der Waals surface area contributed by atoms with Gasteiger partial charge in [0, 0.05) is 18.3 Å². The number of nitrogens with one attached hydrogen (secondary N) is 2. The van der Waals surface area contributed by atoms with Crippen LogP contribution in [-0.2, 0) is 10.0 Å². The van der Waals surface area contributed by atoms with E-state index in [0.717, 1.165) is 6.21 Å². The lowest BCUT2D eigenvalue weighted by molar-refractivity contribution is 0.306. The summed E-state index contributed by atoms with van der Waals surface area (Å²) in [7, 11) is -3.60. The average molecular weight is 321 g/mol. The molecule has 5 N–H and O–H groups in total. The van der Waals surface area contributed by atoms with Crippen LogP contribution >= 0.6 is 0 Å². The highest BCUT2D eigenvalue weighted by atomic mass is 32.2. The summed E-state index contributed by atoms with van der Waals surface area (Å²) >= 11 is 0. The van der Waals surface area contributed by atoms with Gasteiger partial charge in [0.1, 0.15) is 0 Å². The molecule has 0 heterocycles. The summed E-state index contributed by atoms with van der Waals surface area (Å²) in [4.78, 5) is 0.199. The van der Waals surface area contributed by atoms with Crippen molar-refractivity contribution in [1.82, 2.24) is 0 Å². The first-order chi connectivity index (χ1) is 10.5. The van der Waals surface area contributed by atoms with Crippen LogP contribution in [0.2, 0.25) is 0 Å². The fourth-order valence-electron chi connectivity index (χ4n) is 1.52. The van der Waals surface area contributed by atoms with Crippen LogP contribution in [0.4, 0.5) is 5.69 Å². The van der Waals surface area contributed by atoms with Gasteiger partial charge in [-0.25, -0.2) is 8.42 Å². The van der Waals surface area contributed by atoms with Gasteiger partial charge in [0.2, 0.25) is 0 Å². The van der Waals surface area contributed by atoms with Crippen LogP contribution in [0.25, 0.3) is 0 Å². The van der Waals surface area contributed by atoms with Crippen molar-refractivity contribution in [1.29, 1.82) is 5.41 Å². The highest BCUT2D eigenvalue weighted by Gasteiger charge is 2.14. The topological polar surface area (TPSA) is 116 Å². The van der Waals surface area contributed by atoms with Gasteiger partial charge in [-0.15, -0.1) is 0 Å². The molecule has 0 saturated carbocycles. The third kappa shape index (κ3) is 5.28. The summed E-state index contributed by atoms with van der Waals surface area (Å²) in [5.74, 6) is 0. The molecule has 2 aromatic carbocycles. The van der Waals surface area contributed by atoms with E-state index < -0.39 is 10.0 Å². The van der Waals surface area contributed by atoms with Crippen molar-refractivity contribution in [2.24, 2.45) is 5.73 Å². The van der Waals surface area contributed by atoms with Gasteiger partial charge in [-0.05, 0) is 18.2 Å². The predicted molar refractivity (Wildman–Crippen MR) is 87.7 cm³/mol. The predicted octanol–water partition coefficient (Wildman–Crippen LogP) is 1.42. The summed E-state index contributed by atoms with van der Waals surface area (Å²) < 4.78 is 26.6. The number of rotatable bonds is 5. The molecular formula is C15H19N3O3S. The summed E-state index contributed by atoms with van der Waals surface area (Å²) in [5, 5.41) is 15.0. The van der Waals surface area contributed by atoms with Gasteiger partial charge in [0.15, 0.2) is 0 Å². The third-order valence-electron chi connectivity index (χ3n) is 2.54. The first-order valence-electron chi connectivity index (χ1n) is 6.53. The summed E-state index contributed by atoms with van der Waals surface area (Å²) in [6, 6.07) is 14.9. The van der Waals surface area contributed by atoms with Crippen molar-refractivity contribution in [3.05, 3.63) is 60.2 Å². The Morgan fingerprint density at radius 3 is 2.18 bits per heavy atom. The molecule has 0 saturated heterocycles. The molecule has 22 heavy (non-hydrogen) atoms. The molecule has 0 aromatic heterocycles. The normalized spacial score (nSPS) is 10.3. The number of aliphatic hydroxyl groups excluding tert-OH is 1. The Hall–Kier alpha value is -2.22. The van der Waals surface area contributed by atoms with Crippen molar-refractivity contribution in [2.75, 3.05) is 17.9 Å². The van der Waals surface area contributed by atoms with Gasteiger partial charge in [-0.1, -0.05) is 36.4 Å². The molecule has 0 aliphatic carbocycles. The van der Waals surface area contributed by atoms with E-state index in [9.17, 15) is 8.42 Å². The molecule has 0 amide bonds. The van der Waals surface area contributed by atoms with Crippen molar-refractivity contribution in [3.63, 3.8) is 0 Å². The second-order valence-electron chi connectivity index (χ2n) is 4.16. The SMILES string of the molecule is N=Cc1ccccc1NS(=O)(=O)c1ccccc1.NCCO. The van der Waals surface area contributed by atoms with Crippen LogP contribution in [0.5, 0.6) is 0 Å². The minimum Gasteiger partial charge on any atom is -0.395 e. The fourth-order valence-corrected chi connectivity index (χ4v) is 2.63. The van der Waals surface area contributed by atoms with Crippen LogP contribution in [0.3, 0.4) is 0 Å². The van der Waals surface area contributed by atoms with Gasteiger partial charge in [-0.2, -0.15) is 0 Å². The molecule has 0 atom stereocenters. The Morgan fingerprint density at radius 2 is 1.64 bits per heavy atom. The standard InChI is InChI=1S/C13H12N2O2S.C2H7NO/c14-10-11-6-4-5-9-13(11)15-18(16,17)12-7-2-1-3-8-12;3-1-2-4/h1-10,14-15H;4H,1-3H2. The van der Waals surface area contributed by atoms with Crippen molar-refractivity contribution < 1.29 is 13.5 Å². The Labute approximate surface area is 130 Å². The van der Waals surface area contributed by atoms with Crippen molar-refractivity contribution in [3.8, 4) is 0 Å². The minimum atomic E-state index is -3.60. The number of nitrogens with two attached hydrogens (primary N) is 1. The van der Waals surface area contributed by atoms with Gasteiger partial charge in [0.05, 0.1) is 17.2 Å². The minimum absolute atomic E-state index is 0.0972. The quantitative estimate of drug-likeness (QED) is 0.623. The zero-order valence-electron chi connectivity index (χ0n) is 11.9. The monoisotopic (exact) mass is 321 g/mol. The lowest BCUT2D eigenvalue weighted by atomic mass is 10.2. The van der Waals surface area contributed by atoms with Gasteiger partial charge >= 0.3 is 0 Å². The maximum Gasteiger partial charge on any atom is 0.261 e. The fraction of sp³-hybridized carbons (Fsp3) is 0.133. The Kier molecular flexibility index (Phi) is 7.24. The van der Waals surface area contributed by atoms with E-state index in [1.807, 2.05) is 0 Å². The first-order valence-corrected chi connectivity index (χ1v) is 8.01. The lowest BCUT2D eigenvalue weighted by Gasteiger charge is -2.09. The van der Waals surface area contributed by atoms with Crippen LogP contribution in [-0.4, -0.2) is 32.9 Å². The number of sulfonamides is 1. The average Bonchev–Trinajstić information content (AvgIpc) is 2.56. The van der Waals surface area contributed by atoms with Crippen LogP contribution in [0.15, 0.2) is 59.5 Å². The second kappa shape index (κ2) is 8.93. The number of hydrogen-bond acceptors (Lipinski definition) is 5. The molecule has 118 valence electrons. The second-order valence-corrected chi connectivity index (χ2v) is 5.84. The lowest BCUT2D eigenvalue weighted by Crippen LogP contribution is -2.13. The van der Waals surface area contributed by atoms with Crippen LogP contribution in [0.1, 0.15) is 5.56 Å². The van der Waals surface area contributed by atoms with Gasteiger partial charge in [-0.3, -0.25) is 4.72 Å². The van der Waals surface area contributed by atoms with E-state index in [1.165, 1.54) is 12.1 Å². The third-order valence-corrected chi connectivity index (χ3v) is 3.92. The van der Waals surface area contributed by atoms with Gasteiger partial charge in [0.25, 0.3) is 10.0 Å². The molecule has 7 heteroatoms. The van der Waals surface area contributed by atoms with Crippen molar-refractivity contribution >= 4 is 21.9 Å². The first kappa shape index (κ1) is 17.8. The molecule has 0 bridgehead atoms. The zero-order valence-corrected chi connectivity index (χ0v) is 12.8. The van der Waals surface area contributed by atoms with Crippen LogP contribution in [0, 0.1) is 5.41 Å². The Bertz CT molecular complexity index is 686. The number of anilines is 1. The van der Waals surface area contributed by atoms with E-state index in [4.69, 9.17) is 16.2 Å². The molecule has 2 aromatic rings. The molecule has 0 radical (unpaired) electrons. The summed E-state index contributed by atoms with van der Waals surface area (Å²) in [6.07, 6.45) is 1.11. The molecule has 0 aliphatic rings. The smallest absolute Gasteiger partial charge is 0.261 e. The molecule has 0 aliphatic heterocycles. The molecule has 0 spiro atoms. The molecule has 2 rings (SSSR count). The molecule has 0 unspecified atom stereocenters. The number of para-hydroxylation sites is 1. The maximum absolute atomic E-state index is 12.1. The Morgan fingerprint density at radius 1 is 1.09 bits per heavy atom. The highest BCUT2D eigenvalue weighted by Crippen LogP contribution is 2.18. The number of aliphatic hydroxyl groups is 1. The Balaban J connectivity index is 0.000000541. The molecular weight excluding hydrogens is 302 g/mol. The van der Waals surface area contributed by atoms with Crippen LogP contribution < -0.4 is 10.5 Å². The number of hydrogen-bond donors (Lipinski definition) is 4. The molecule has 0 fully saturated rings. The highest BCUT2D eigenvalue weighted by molar-refractivity contribution is 7.92. The van der Waals surface area contributed by atoms with E-state index in [2.05, 4.69) is 4.72 Å². The molecule has 6 nitrogen and oxygen atoms in total. The van der Waals surface area contributed by atoms with E-state index in [1.54, 1.807) is 42.5 Å².